The van der Waals surface area contributed by atoms with E-state index in [1.807, 2.05) is 20.8 Å². The maximum atomic E-state index is 13.5. The maximum absolute atomic E-state index is 13.5. The third-order valence-corrected chi connectivity index (χ3v) is 9.46. The van der Waals surface area contributed by atoms with E-state index in [9.17, 15) is 53.7 Å². The van der Waals surface area contributed by atoms with Crippen molar-refractivity contribution in [3.05, 3.63) is 47.7 Å². The van der Waals surface area contributed by atoms with Gasteiger partial charge in [-0.15, -0.1) is 0 Å². The summed E-state index contributed by atoms with van der Waals surface area (Å²) >= 11 is 0. The lowest BCUT2D eigenvalue weighted by Gasteiger charge is -2.31. The van der Waals surface area contributed by atoms with Gasteiger partial charge in [0.05, 0.1) is 11.3 Å². The molecule has 0 fully saturated rings. The Kier molecular flexibility index (Phi) is 18.6. The van der Waals surface area contributed by atoms with Crippen molar-refractivity contribution in [3.63, 3.8) is 0 Å². The Labute approximate surface area is 359 Å². The van der Waals surface area contributed by atoms with Gasteiger partial charge in [0.2, 0.25) is 43.1 Å². The fourth-order valence-electron chi connectivity index (χ4n) is 5.90. The van der Waals surface area contributed by atoms with E-state index in [1.54, 1.807) is 13.8 Å². The van der Waals surface area contributed by atoms with E-state index in [2.05, 4.69) is 21.3 Å². The van der Waals surface area contributed by atoms with E-state index >= 15 is 0 Å². The molecule has 340 valence electrons. The largest absolute Gasteiger partial charge is 0.475 e. The van der Waals surface area contributed by atoms with Crippen LogP contribution in [-0.4, -0.2) is 138 Å². The second-order valence-electron chi connectivity index (χ2n) is 16.2. The zero-order valence-corrected chi connectivity index (χ0v) is 35.7. The summed E-state index contributed by atoms with van der Waals surface area (Å²) in [6, 6.07) is 1.53. The zero-order chi connectivity index (χ0) is 46.4. The molecule has 5 atom stereocenters. The predicted molar refractivity (Wildman–Crippen MR) is 221 cm³/mol. The van der Waals surface area contributed by atoms with Gasteiger partial charge in [0.1, 0.15) is 30.5 Å². The van der Waals surface area contributed by atoms with E-state index in [4.69, 9.17) is 24.7 Å². The van der Waals surface area contributed by atoms with Gasteiger partial charge in [0, 0.05) is 50.2 Å². The van der Waals surface area contributed by atoms with Gasteiger partial charge < -0.3 is 61.3 Å². The molecule has 1 unspecified atom stereocenters. The highest BCUT2D eigenvalue weighted by molar-refractivity contribution is 6.55. The molecule has 21 nitrogen and oxygen atoms in total. The number of nitrogens with one attached hydrogen (secondary N) is 4. The van der Waals surface area contributed by atoms with Crippen LogP contribution < -0.4 is 31.7 Å². The van der Waals surface area contributed by atoms with Crippen LogP contribution >= 0.6 is 0 Å². The molecule has 1 aromatic carbocycles. The molecular weight excluding hydrogens is 815 g/mol. The quantitative estimate of drug-likeness (QED) is 0.0375. The molecule has 6 amide bonds. The number of carbonyl (C=O) groups excluding carboxylic acids is 7. The van der Waals surface area contributed by atoms with Crippen LogP contribution in [0.1, 0.15) is 72.3 Å². The van der Waals surface area contributed by atoms with Crippen LogP contribution in [0.2, 0.25) is 0 Å². The molecule has 22 heteroatoms. The summed E-state index contributed by atoms with van der Waals surface area (Å²) in [5, 5.41) is 40.5. The number of hydrogen-bond donors (Lipinski definition) is 8. The summed E-state index contributed by atoms with van der Waals surface area (Å²) in [7, 11) is 1.20. The first-order valence-electron chi connectivity index (χ1n) is 20.0. The van der Waals surface area contributed by atoms with Gasteiger partial charge in [-0.2, -0.15) is 0 Å². The number of hydrogen-bond acceptors (Lipinski definition) is 15. The molecule has 3 rings (SSSR count). The number of amides is 6. The number of nitrogens with zero attached hydrogens (tertiary/aromatic N) is 1. The topological polar surface area (TPSA) is 312 Å². The highest BCUT2D eigenvalue weighted by Gasteiger charge is 2.38. The second kappa shape index (κ2) is 22.8. The molecule has 0 saturated carbocycles. The lowest BCUT2D eigenvalue weighted by Crippen LogP contribution is -2.57. The minimum atomic E-state index is -1.73. The Balaban J connectivity index is 1.68. The standard InChI is InChI=1S/C40H57BN6O15/c1-39(2,3)60-17-14-40(4,5)37(57)44-15-7-6-8-23(46-34(54)25(20-42)47-30(50)11-12-31(47)51)33(53)43-16-13-29(49)45-24-18-22(21-59-38(41)58)9-10-27(24)61-36-32(52)26(48)19-28(62-36)35(55)56/h9-12,18-19,23,25-26,32,36,48,52H,6-8,13-17,20-21,41-42H2,1-5H3,(H,43,53)(H,44,57)(H,45,49)(H,46,54)(H,55,56)/t23-,25?,26-,32+,36+/m0/s1. The number of anilines is 1. The van der Waals surface area contributed by atoms with Gasteiger partial charge in [-0.25, -0.2) is 4.79 Å². The van der Waals surface area contributed by atoms with Gasteiger partial charge in [-0.1, -0.05) is 19.9 Å². The second-order valence-corrected chi connectivity index (χ2v) is 16.2. The first-order valence-corrected chi connectivity index (χ1v) is 20.0. The predicted octanol–water partition coefficient (Wildman–Crippen LogP) is -0.918. The summed E-state index contributed by atoms with van der Waals surface area (Å²) < 4.78 is 21.7. The van der Waals surface area contributed by atoms with Crippen LogP contribution in [-0.2, 0) is 54.4 Å². The maximum Gasteiger partial charge on any atom is 0.371 e. The number of ether oxygens (including phenoxy) is 4. The van der Waals surface area contributed by atoms with Crippen LogP contribution in [0, 0.1) is 5.41 Å². The normalized spacial score (nSPS) is 18.5. The molecule has 0 aromatic heterocycles. The van der Waals surface area contributed by atoms with Gasteiger partial charge in [-0.05, 0) is 70.2 Å². The molecule has 2 heterocycles. The molecule has 2 aliphatic heterocycles. The van der Waals surface area contributed by atoms with E-state index in [-0.39, 0.29) is 55.5 Å². The Bertz CT molecular complexity index is 1880. The molecule has 0 spiro atoms. The average molecular weight is 873 g/mol. The summed E-state index contributed by atoms with van der Waals surface area (Å²) in [5.41, 5.74) is 5.07. The van der Waals surface area contributed by atoms with E-state index in [0.29, 0.717) is 36.3 Å². The molecule has 0 bridgehead atoms. The molecule has 62 heavy (non-hydrogen) atoms. The van der Waals surface area contributed by atoms with Crippen molar-refractivity contribution in [2.75, 3.05) is 31.6 Å². The smallest absolute Gasteiger partial charge is 0.371 e. The number of benzene rings is 1. The number of aliphatic hydroxyl groups is 2. The number of carbonyl (C=O) groups is 8. The number of aliphatic hydroxyl groups excluding tert-OH is 2. The molecule has 1 aromatic rings. The number of carboxylic acid groups (broad SMARTS) is 1. The molecule has 0 radical (unpaired) electrons. The Hall–Kier alpha value is -5.84. The zero-order valence-electron chi connectivity index (χ0n) is 35.7. The van der Waals surface area contributed by atoms with Crippen molar-refractivity contribution < 1.29 is 72.6 Å². The lowest BCUT2D eigenvalue weighted by atomic mass is 9.88. The highest BCUT2D eigenvalue weighted by atomic mass is 16.7. The number of imide groups is 1. The van der Waals surface area contributed by atoms with Crippen molar-refractivity contribution in [1.29, 1.82) is 0 Å². The van der Waals surface area contributed by atoms with Crippen LogP contribution in [0.3, 0.4) is 0 Å². The number of rotatable bonds is 23. The van der Waals surface area contributed by atoms with Crippen molar-refractivity contribution in [3.8, 4) is 5.75 Å². The summed E-state index contributed by atoms with van der Waals surface area (Å²) in [6.07, 6.45) is -1.40. The third kappa shape index (κ3) is 15.6. The molecule has 9 N–H and O–H groups in total. The molecule has 0 saturated heterocycles. The van der Waals surface area contributed by atoms with E-state index < -0.39 is 89.7 Å². The summed E-state index contributed by atoms with van der Waals surface area (Å²) in [5.74, 6) is -6.87. The highest BCUT2D eigenvalue weighted by Crippen LogP contribution is 2.31. The molecule has 0 aliphatic carbocycles. The fourth-order valence-corrected chi connectivity index (χ4v) is 5.90. The first kappa shape index (κ1) is 50.5. The number of aliphatic carboxylic acids is 1. The van der Waals surface area contributed by atoms with Crippen LogP contribution in [0.4, 0.5) is 10.5 Å². The van der Waals surface area contributed by atoms with Crippen molar-refractivity contribution in [2.24, 2.45) is 11.1 Å². The Morgan fingerprint density at radius 1 is 0.968 bits per heavy atom. The van der Waals surface area contributed by atoms with Crippen molar-refractivity contribution in [1.82, 2.24) is 20.9 Å². The molecular formula is C40H57BN6O15. The monoisotopic (exact) mass is 872 g/mol. The number of unbranched alkanes of at least 4 members (excludes halogenated alkanes) is 1. The Morgan fingerprint density at radius 3 is 2.26 bits per heavy atom. The average Bonchev–Trinajstić information content (AvgIpc) is 3.51. The van der Waals surface area contributed by atoms with Gasteiger partial charge in [-0.3, -0.25) is 38.5 Å². The van der Waals surface area contributed by atoms with Crippen molar-refractivity contribution in [2.45, 2.75) is 110 Å². The fraction of sp³-hybridized carbons (Fsp3) is 0.550. The minimum absolute atomic E-state index is 0.0325. The lowest BCUT2D eigenvalue weighted by molar-refractivity contribution is -0.172. The van der Waals surface area contributed by atoms with E-state index in [1.165, 1.54) is 26.0 Å². The minimum Gasteiger partial charge on any atom is -0.475 e. The molecule has 2 aliphatic rings. The van der Waals surface area contributed by atoms with Gasteiger partial charge in [0.15, 0.2) is 6.10 Å². The van der Waals surface area contributed by atoms with Crippen molar-refractivity contribution >= 4 is 60.8 Å². The summed E-state index contributed by atoms with van der Waals surface area (Å²) in [4.78, 5) is 101. The van der Waals surface area contributed by atoms with Gasteiger partial charge >= 0.3 is 5.97 Å². The number of carboxylic acids is 1. The number of nitrogens with two attached hydrogens (primary N) is 1. The van der Waals surface area contributed by atoms with Crippen LogP contribution in [0.5, 0.6) is 5.75 Å². The van der Waals surface area contributed by atoms with Crippen LogP contribution in [0.15, 0.2) is 42.2 Å². The summed E-state index contributed by atoms with van der Waals surface area (Å²) in [6.45, 7) is 9.13. The first-order chi connectivity index (χ1) is 29.0. The SMILES string of the molecule is BC(=O)OCc1ccc(O[C@@H]2OC(C(=O)O)=C[C@H](O)[C@H]2O)c(NC(=O)CCNC(=O)[C@H](CCCCNC(=O)C(C)(C)CCOC(C)(C)C)NC(=O)C(CN)N2C(=O)C=CC2=O)c1. The van der Waals surface area contributed by atoms with Gasteiger partial charge in [0.25, 0.3) is 18.1 Å². The third-order valence-electron chi connectivity index (χ3n) is 9.46. The van der Waals surface area contributed by atoms with E-state index in [0.717, 1.165) is 18.2 Å². The van der Waals surface area contributed by atoms with Crippen LogP contribution in [0.25, 0.3) is 0 Å². The Morgan fingerprint density at radius 2 is 1.65 bits per heavy atom.